The maximum absolute atomic E-state index is 12.8. The summed E-state index contributed by atoms with van der Waals surface area (Å²) in [5.74, 6) is 1.11. The number of hydrogen-bond donors (Lipinski definition) is 1. The highest BCUT2D eigenvalue weighted by molar-refractivity contribution is 7.99. The van der Waals surface area contributed by atoms with Gasteiger partial charge in [-0.05, 0) is 17.5 Å². The topological polar surface area (TPSA) is 49.4 Å². The molecule has 0 bridgehead atoms. The zero-order valence-corrected chi connectivity index (χ0v) is 15.0. The minimum Gasteiger partial charge on any atom is -0.347 e. The molecule has 4 nitrogen and oxygen atoms in total. The van der Waals surface area contributed by atoms with Crippen LogP contribution < -0.4 is 5.32 Å². The van der Waals surface area contributed by atoms with Crippen molar-refractivity contribution in [2.75, 3.05) is 11.6 Å². The highest BCUT2D eigenvalue weighted by atomic mass is 32.2. The van der Waals surface area contributed by atoms with Gasteiger partial charge in [-0.25, -0.2) is 0 Å². The predicted molar refractivity (Wildman–Crippen MR) is 101 cm³/mol. The van der Waals surface area contributed by atoms with Crippen LogP contribution in [-0.4, -0.2) is 34.4 Å². The van der Waals surface area contributed by atoms with Gasteiger partial charge in [-0.1, -0.05) is 60.7 Å². The molecule has 2 amide bonds. The van der Waals surface area contributed by atoms with Crippen LogP contribution >= 0.6 is 11.8 Å². The first kappa shape index (κ1) is 17.5. The first-order chi connectivity index (χ1) is 12.1. The Bertz CT molecular complexity index is 721. The van der Waals surface area contributed by atoms with Crippen LogP contribution in [0.2, 0.25) is 0 Å². The van der Waals surface area contributed by atoms with Crippen molar-refractivity contribution in [1.29, 1.82) is 0 Å². The Hall–Kier alpha value is -2.27. The number of nitrogens with zero attached hydrogens (tertiary/aromatic N) is 1. The summed E-state index contributed by atoms with van der Waals surface area (Å²) in [6.45, 7) is 1.52. The number of amides is 2. The van der Waals surface area contributed by atoms with E-state index in [1.54, 1.807) is 16.7 Å². The minimum absolute atomic E-state index is 0.0514. The van der Waals surface area contributed by atoms with Gasteiger partial charge in [0.1, 0.15) is 6.04 Å². The largest absolute Gasteiger partial charge is 0.347 e. The van der Waals surface area contributed by atoms with E-state index in [2.05, 4.69) is 17.4 Å². The summed E-state index contributed by atoms with van der Waals surface area (Å²) < 4.78 is 0. The highest BCUT2D eigenvalue weighted by Gasteiger charge is 2.34. The number of benzene rings is 2. The fraction of sp³-hybridized carbons (Fsp3) is 0.300. The Balaban J connectivity index is 1.78. The molecule has 1 N–H and O–H groups in total. The van der Waals surface area contributed by atoms with Crippen molar-refractivity contribution < 1.29 is 9.59 Å². The summed E-state index contributed by atoms with van der Waals surface area (Å²) >= 11 is 1.62. The molecule has 0 aromatic heterocycles. The van der Waals surface area contributed by atoms with Crippen molar-refractivity contribution in [3.8, 4) is 0 Å². The fourth-order valence-electron chi connectivity index (χ4n) is 3.03. The number of nitrogens with one attached hydrogen (secondary N) is 1. The summed E-state index contributed by atoms with van der Waals surface area (Å²) in [6.07, 6.45) is 0.719. The van der Waals surface area contributed by atoms with Crippen LogP contribution in [0, 0.1) is 0 Å². The Labute approximate surface area is 152 Å². The molecule has 5 heteroatoms. The molecule has 1 fully saturated rings. The van der Waals surface area contributed by atoms with Crippen molar-refractivity contribution in [1.82, 2.24) is 10.2 Å². The third kappa shape index (κ3) is 4.42. The van der Waals surface area contributed by atoms with E-state index in [1.807, 2.05) is 48.5 Å². The predicted octanol–water partition coefficient (Wildman–Crippen LogP) is 3.01. The molecule has 130 valence electrons. The first-order valence-electron chi connectivity index (χ1n) is 8.39. The summed E-state index contributed by atoms with van der Waals surface area (Å²) in [4.78, 5) is 26.2. The third-order valence-corrected chi connectivity index (χ3v) is 5.40. The SMILES string of the molecule is CC(=O)N1CSCC1C(=O)NC(Cc1ccccc1)c1ccccc1. The van der Waals surface area contributed by atoms with Crippen molar-refractivity contribution in [2.45, 2.75) is 25.4 Å². The average molecular weight is 354 g/mol. The van der Waals surface area contributed by atoms with E-state index in [1.165, 1.54) is 12.5 Å². The van der Waals surface area contributed by atoms with E-state index in [9.17, 15) is 9.59 Å². The van der Waals surface area contributed by atoms with Gasteiger partial charge in [0.2, 0.25) is 11.8 Å². The molecule has 2 unspecified atom stereocenters. The van der Waals surface area contributed by atoms with Gasteiger partial charge in [0.25, 0.3) is 0 Å². The molecular formula is C20H22N2O2S. The molecule has 0 spiro atoms. The zero-order chi connectivity index (χ0) is 17.6. The monoisotopic (exact) mass is 354 g/mol. The van der Waals surface area contributed by atoms with Crippen molar-refractivity contribution >= 4 is 23.6 Å². The molecule has 0 radical (unpaired) electrons. The Kier molecular flexibility index (Phi) is 5.76. The standard InChI is InChI=1S/C20H22N2O2S/c1-15(23)22-14-25-13-19(22)20(24)21-18(17-10-6-3-7-11-17)12-16-8-4-2-5-9-16/h2-11,18-19H,12-14H2,1H3,(H,21,24). The second kappa shape index (κ2) is 8.21. The Morgan fingerprint density at radius 1 is 1.12 bits per heavy atom. The average Bonchev–Trinajstić information content (AvgIpc) is 3.13. The molecule has 1 saturated heterocycles. The second-order valence-electron chi connectivity index (χ2n) is 6.17. The Morgan fingerprint density at radius 3 is 2.40 bits per heavy atom. The maximum Gasteiger partial charge on any atom is 0.244 e. The van der Waals surface area contributed by atoms with E-state index in [-0.39, 0.29) is 23.9 Å². The quantitative estimate of drug-likeness (QED) is 0.898. The molecule has 0 aliphatic carbocycles. The van der Waals surface area contributed by atoms with Crippen LogP contribution in [0.25, 0.3) is 0 Å². The van der Waals surface area contributed by atoms with Gasteiger partial charge in [-0.2, -0.15) is 0 Å². The molecule has 1 aliphatic rings. The fourth-order valence-corrected chi connectivity index (χ4v) is 4.24. The lowest BCUT2D eigenvalue weighted by Crippen LogP contribution is -2.47. The summed E-state index contributed by atoms with van der Waals surface area (Å²) in [5.41, 5.74) is 2.24. The maximum atomic E-state index is 12.8. The minimum atomic E-state index is -0.385. The summed E-state index contributed by atoms with van der Waals surface area (Å²) in [5, 5.41) is 3.16. The molecule has 1 heterocycles. The lowest BCUT2D eigenvalue weighted by Gasteiger charge is -2.25. The lowest BCUT2D eigenvalue weighted by atomic mass is 9.98. The van der Waals surface area contributed by atoms with Gasteiger partial charge in [-0.3, -0.25) is 9.59 Å². The second-order valence-corrected chi connectivity index (χ2v) is 7.17. The molecule has 2 aromatic carbocycles. The smallest absolute Gasteiger partial charge is 0.244 e. The summed E-state index contributed by atoms with van der Waals surface area (Å²) in [7, 11) is 0. The van der Waals surface area contributed by atoms with Crippen LogP contribution in [0.5, 0.6) is 0 Å². The van der Waals surface area contributed by atoms with Crippen molar-refractivity contribution in [2.24, 2.45) is 0 Å². The zero-order valence-electron chi connectivity index (χ0n) is 14.2. The first-order valence-corrected chi connectivity index (χ1v) is 9.55. The third-order valence-electron chi connectivity index (χ3n) is 4.39. The molecule has 3 rings (SSSR count). The molecule has 2 aromatic rings. The molecular weight excluding hydrogens is 332 g/mol. The van der Waals surface area contributed by atoms with Gasteiger partial charge >= 0.3 is 0 Å². The van der Waals surface area contributed by atoms with Crippen LogP contribution in [0.3, 0.4) is 0 Å². The number of thioether (sulfide) groups is 1. The molecule has 1 aliphatic heterocycles. The summed E-state index contributed by atoms with van der Waals surface area (Å²) in [6, 6.07) is 19.6. The van der Waals surface area contributed by atoms with Crippen LogP contribution in [0.4, 0.5) is 0 Å². The number of rotatable bonds is 5. The van der Waals surface area contributed by atoms with Gasteiger partial charge in [0, 0.05) is 12.7 Å². The van der Waals surface area contributed by atoms with E-state index in [0.29, 0.717) is 11.6 Å². The van der Waals surface area contributed by atoms with Gasteiger partial charge in [0.05, 0.1) is 11.9 Å². The number of carbonyl (C=O) groups is 2. The van der Waals surface area contributed by atoms with Crippen LogP contribution in [0.1, 0.15) is 24.1 Å². The molecule has 0 saturated carbocycles. The normalized spacial score (nSPS) is 18.0. The number of hydrogen-bond acceptors (Lipinski definition) is 3. The highest BCUT2D eigenvalue weighted by Crippen LogP contribution is 2.23. The Morgan fingerprint density at radius 2 is 1.76 bits per heavy atom. The van der Waals surface area contributed by atoms with Gasteiger partial charge in [0.15, 0.2) is 0 Å². The van der Waals surface area contributed by atoms with Crippen molar-refractivity contribution in [3.05, 3.63) is 71.8 Å². The van der Waals surface area contributed by atoms with Crippen molar-refractivity contribution in [3.63, 3.8) is 0 Å². The van der Waals surface area contributed by atoms with Gasteiger partial charge < -0.3 is 10.2 Å². The molecule has 2 atom stereocenters. The van der Waals surface area contributed by atoms with Crippen LogP contribution in [-0.2, 0) is 16.0 Å². The molecule has 25 heavy (non-hydrogen) atoms. The van der Waals surface area contributed by atoms with Gasteiger partial charge in [-0.15, -0.1) is 11.8 Å². The van der Waals surface area contributed by atoms with E-state index >= 15 is 0 Å². The number of carbonyl (C=O) groups excluding carboxylic acids is 2. The lowest BCUT2D eigenvalue weighted by molar-refractivity contribution is -0.136. The van der Waals surface area contributed by atoms with E-state index in [0.717, 1.165) is 12.0 Å². The van der Waals surface area contributed by atoms with Crippen LogP contribution in [0.15, 0.2) is 60.7 Å². The van der Waals surface area contributed by atoms with E-state index in [4.69, 9.17) is 0 Å². The van der Waals surface area contributed by atoms with E-state index < -0.39 is 0 Å².